The number of anilines is 1. The summed E-state index contributed by atoms with van der Waals surface area (Å²) < 4.78 is 10.8. The SMILES string of the molecule is Cc1ccnc(NC(=O)c2noc(C)c2COc2cccc(Cl)c2)c1. The summed E-state index contributed by atoms with van der Waals surface area (Å²) in [4.78, 5) is 16.6. The van der Waals surface area contributed by atoms with Gasteiger partial charge in [-0.2, -0.15) is 0 Å². The first-order valence-electron chi connectivity index (χ1n) is 7.60. The highest BCUT2D eigenvalue weighted by Crippen LogP contribution is 2.21. The maximum atomic E-state index is 12.5. The second-order valence-electron chi connectivity index (χ2n) is 5.48. The van der Waals surface area contributed by atoms with Crippen molar-refractivity contribution in [2.24, 2.45) is 0 Å². The summed E-state index contributed by atoms with van der Waals surface area (Å²) in [6.45, 7) is 3.78. The minimum atomic E-state index is -0.403. The van der Waals surface area contributed by atoms with Gasteiger partial charge in [-0.25, -0.2) is 4.98 Å². The zero-order valence-corrected chi connectivity index (χ0v) is 14.5. The molecule has 6 nitrogen and oxygen atoms in total. The van der Waals surface area contributed by atoms with Crippen molar-refractivity contribution in [1.82, 2.24) is 10.1 Å². The number of nitrogens with zero attached hydrogens (tertiary/aromatic N) is 2. The zero-order valence-electron chi connectivity index (χ0n) is 13.7. The van der Waals surface area contributed by atoms with Crippen LogP contribution in [-0.2, 0) is 6.61 Å². The summed E-state index contributed by atoms with van der Waals surface area (Å²) in [5.74, 6) is 1.16. The number of hydrogen-bond acceptors (Lipinski definition) is 5. The summed E-state index contributed by atoms with van der Waals surface area (Å²) >= 11 is 5.94. The molecule has 0 aliphatic heterocycles. The molecule has 3 aromatic rings. The van der Waals surface area contributed by atoms with Gasteiger partial charge in [-0.1, -0.05) is 22.8 Å². The Kier molecular flexibility index (Phi) is 5.00. The molecule has 2 aromatic heterocycles. The van der Waals surface area contributed by atoms with Gasteiger partial charge in [-0.15, -0.1) is 0 Å². The van der Waals surface area contributed by atoms with E-state index >= 15 is 0 Å². The lowest BCUT2D eigenvalue weighted by Gasteiger charge is -2.07. The normalized spacial score (nSPS) is 10.5. The Labute approximate surface area is 149 Å². The fourth-order valence-corrected chi connectivity index (χ4v) is 2.41. The standard InChI is InChI=1S/C18H16ClN3O3/c1-11-6-7-20-16(8-11)21-18(23)17-15(12(2)25-22-17)10-24-14-5-3-4-13(19)9-14/h3-9H,10H2,1-2H3,(H,20,21,23). The highest BCUT2D eigenvalue weighted by atomic mass is 35.5. The molecular formula is C18H16ClN3O3. The van der Waals surface area contributed by atoms with Gasteiger partial charge in [0.15, 0.2) is 5.69 Å². The summed E-state index contributed by atoms with van der Waals surface area (Å²) in [6.07, 6.45) is 1.63. The van der Waals surface area contributed by atoms with Crippen LogP contribution in [0.15, 0.2) is 47.1 Å². The van der Waals surface area contributed by atoms with Crippen LogP contribution in [0, 0.1) is 13.8 Å². The lowest BCUT2D eigenvalue weighted by molar-refractivity contribution is 0.101. The molecule has 0 spiro atoms. The highest BCUT2D eigenvalue weighted by Gasteiger charge is 2.21. The van der Waals surface area contributed by atoms with Crippen LogP contribution in [0.2, 0.25) is 5.02 Å². The zero-order chi connectivity index (χ0) is 17.8. The smallest absolute Gasteiger partial charge is 0.279 e. The van der Waals surface area contributed by atoms with Crippen molar-refractivity contribution in [3.63, 3.8) is 0 Å². The van der Waals surface area contributed by atoms with Gasteiger partial charge >= 0.3 is 0 Å². The number of benzene rings is 1. The van der Waals surface area contributed by atoms with Crippen molar-refractivity contribution in [3.8, 4) is 5.75 Å². The molecule has 0 atom stereocenters. The predicted octanol–water partition coefficient (Wildman–Crippen LogP) is 4.17. The first-order valence-corrected chi connectivity index (χ1v) is 7.98. The molecule has 2 heterocycles. The van der Waals surface area contributed by atoms with E-state index in [0.717, 1.165) is 5.56 Å². The van der Waals surface area contributed by atoms with E-state index in [0.29, 0.717) is 27.9 Å². The Hall–Kier alpha value is -2.86. The first kappa shape index (κ1) is 17.0. The van der Waals surface area contributed by atoms with Crippen LogP contribution < -0.4 is 10.1 Å². The number of carbonyl (C=O) groups is 1. The maximum absolute atomic E-state index is 12.5. The Balaban J connectivity index is 1.75. The summed E-state index contributed by atoms with van der Waals surface area (Å²) in [5, 5.41) is 7.13. The van der Waals surface area contributed by atoms with Gasteiger partial charge in [0.25, 0.3) is 5.91 Å². The minimum absolute atomic E-state index is 0.139. The number of hydrogen-bond donors (Lipinski definition) is 1. The molecule has 3 rings (SSSR count). The van der Waals surface area contributed by atoms with Gasteiger partial charge < -0.3 is 14.6 Å². The molecule has 0 unspecified atom stereocenters. The predicted molar refractivity (Wildman–Crippen MR) is 94.0 cm³/mol. The number of halogens is 1. The van der Waals surface area contributed by atoms with E-state index in [4.69, 9.17) is 20.9 Å². The fourth-order valence-electron chi connectivity index (χ4n) is 2.23. The van der Waals surface area contributed by atoms with Crippen LogP contribution in [-0.4, -0.2) is 16.0 Å². The minimum Gasteiger partial charge on any atom is -0.489 e. The Morgan fingerprint density at radius 1 is 1.28 bits per heavy atom. The summed E-state index contributed by atoms with van der Waals surface area (Å²) in [6, 6.07) is 10.6. The number of carbonyl (C=O) groups excluding carboxylic acids is 1. The maximum Gasteiger partial charge on any atom is 0.279 e. The van der Waals surface area contributed by atoms with Crippen LogP contribution in [0.1, 0.15) is 27.4 Å². The number of rotatable bonds is 5. The van der Waals surface area contributed by atoms with Gasteiger partial charge in [0.2, 0.25) is 0 Å². The number of ether oxygens (including phenoxy) is 1. The molecule has 25 heavy (non-hydrogen) atoms. The van der Waals surface area contributed by atoms with Crippen LogP contribution >= 0.6 is 11.6 Å². The number of amides is 1. The van der Waals surface area contributed by atoms with E-state index in [1.165, 1.54) is 0 Å². The molecule has 7 heteroatoms. The highest BCUT2D eigenvalue weighted by molar-refractivity contribution is 6.30. The van der Waals surface area contributed by atoms with Crippen molar-refractivity contribution in [1.29, 1.82) is 0 Å². The van der Waals surface area contributed by atoms with Crippen LogP contribution in [0.4, 0.5) is 5.82 Å². The van der Waals surface area contributed by atoms with E-state index in [9.17, 15) is 4.79 Å². The van der Waals surface area contributed by atoms with Gasteiger partial charge in [-0.05, 0) is 49.7 Å². The number of pyridine rings is 1. The Morgan fingerprint density at radius 3 is 2.88 bits per heavy atom. The van der Waals surface area contributed by atoms with Crippen molar-refractivity contribution in [2.75, 3.05) is 5.32 Å². The van der Waals surface area contributed by atoms with E-state index in [2.05, 4.69) is 15.5 Å². The summed E-state index contributed by atoms with van der Waals surface area (Å²) in [5.41, 5.74) is 1.74. The van der Waals surface area contributed by atoms with Gasteiger partial charge in [0, 0.05) is 11.2 Å². The van der Waals surface area contributed by atoms with Crippen LogP contribution in [0.5, 0.6) is 5.75 Å². The van der Waals surface area contributed by atoms with E-state index in [-0.39, 0.29) is 12.3 Å². The molecule has 0 fully saturated rings. The average Bonchev–Trinajstić information content (AvgIpc) is 2.94. The molecule has 0 saturated carbocycles. The average molecular weight is 358 g/mol. The number of aromatic nitrogens is 2. The van der Waals surface area contributed by atoms with Crippen LogP contribution in [0.25, 0.3) is 0 Å². The summed E-state index contributed by atoms with van der Waals surface area (Å²) in [7, 11) is 0. The molecule has 1 N–H and O–H groups in total. The van der Waals surface area contributed by atoms with E-state index in [1.54, 1.807) is 43.5 Å². The third-order valence-corrected chi connectivity index (χ3v) is 3.77. The van der Waals surface area contributed by atoms with Gasteiger partial charge in [0.1, 0.15) is 23.9 Å². The second-order valence-corrected chi connectivity index (χ2v) is 5.92. The monoisotopic (exact) mass is 357 g/mol. The molecule has 1 amide bonds. The molecular weight excluding hydrogens is 342 g/mol. The topological polar surface area (TPSA) is 77.3 Å². The van der Waals surface area contributed by atoms with Crippen molar-refractivity contribution in [2.45, 2.75) is 20.5 Å². The largest absolute Gasteiger partial charge is 0.489 e. The molecule has 128 valence electrons. The Morgan fingerprint density at radius 2 is 2.12 bits per heavy atom. The van der Waals surface area contributed by atoms with Crippen LogP contribution in [0.3, 0.4) is 0 Å². The lowest BCUT2D eigenvalue weighted by Crippen LogP contribution is -2.16. The quantitative estimate of drug-likeness (QED) is 0.741. The van der Waals surface area contributed by atoms with E-state index < -0.39 is 5.91 Å². The second kappa shape index (κ2) is 7.36. The third-order valence-electron chi connectivity index (χ3n) is 3.54. The molecule has 0 radical (unpaired) electrons. The molecule has 0 aliphatic carbocycles. The molecule has 0 bridgehead atoms. The van der Waals surface area contributed by atoms with Gasteiger partial charge in [0.05, 0.1) is 5.56 Å². The van der Waals surface area contributed by atoms with Gasteiger partial charge in [-0.3, -0.25) is 4.79 Å². The molecule has 0 saturated heterocycles. The molecule has 0 aliphatic rings. The number of nitrogens with one attached hydrogen (secondary N) is 1. The van der Waals surface area contributed by atoms with Crippen molar-refractivity contribution >= 4 is 23.3 Å². The number of aryl methyl sites for hydroxylation is 2. The first-order chi connectivity index (χ1) is 12.0. The third kappa shape index (κ3) is 4.16. The van der Waals surface area contributed by atoms with Crippen molar-refractivity contribution in [3.05, 3.63) is 70.2 Å². The molecule has 1 aromatic carbocycles. The van der Waals surface area contributed by atoms with E-state index in [1.807, 2.05) is 13.0 Å². The van der Waals surface area contributed by atoms with Crippen molar-refractivity contribution < 1.29 is 14.1 Å². The Bertz CT molecular complexity index is 908. The lowest BCUT2D eigenvalue weighted by atomic mass is 10.2. The fraction of sp³-hybridized carbons (Fsp3) is 0.167.